The second kappa shape index (κ2) is 10.3. The van der Waals surface area contributed by atoms with Crippen molar-refractivity contribution in [1.82, 2.24) is 5.32 Å². The molecule has 0 aliphatic carbocycles. The first-order valence-electron chi connectivity index (χ1n) is 8.93. The Morgan fingerprint density at radius 2 is 1.89 bits per heavy atom. The Kier molecular flexibility index (Phi) is 8.14. The van der Waals surface area contributed by atoms with E-state index in [0.29, 0.717) is 29.4 Å². The molecule has 0 unspecified atom stereocenters. The fraction of sp³-hybridized carbons (Fsp3) is 0.350. The van der Waals surface area contributed by atoms with Gasteiger partial charge in [0.2, 0.25) is 15.9 Å². The van der Waals surface area contributed by atoms with Crippen molar-refractivity contribution in [3.8, 4) is 5.75 Å². The van der Waals surface area contributed by atoms with E-state index >= 15 is 0 Å². The van der Waals surface area contributed by atoms with Crippen LogP contribution in [0.15, 0.2) is 48.5 Å². The number of benzene rings is 2. The van der Waals surface area contributed by atoms with E-state index in [4.69, 9.17) is 16.3 Å². The zero-order chi connectivity index (χ0) is 20.6. The first-order valence-corrected chi connectivity index (χ1v) is 11.2. The number of carbonyl (C=O) groups excluding carboxylic acids is 1. The van der Waals surface area contributed by atoms with Crippen molar-refractivity contribution in [3.05, 3.63) is 59.1 Å². The molecule has 2 rings (SSSR count). The topological polar surface area (TPSA) is 75.7 Å². The summed E-state index contributed by atoms with van der Waals surface area (Å²) in [6.07, 6.45) is 2.52. The van der Waals surface area contributed by atoms with Gasteiger partial charge in [-0.3, -0.25) is 9.10 Å². The summed E-state index contributed by atoms with van der Waals surface area (Å²) in [6.45, 7) is 0.736. The quantitative estimate of drug-likeness (QED) is 0.635. The summed E-state index contributed by atoms with van der Waals surface area (Å²) >= 11 is 6.11. The molecule has 0 fully saturated rings. The Morgan fingerprint density at radius 3 is 2.50 bits per heavy atom. The predicted octanol–water partition coefficient (Wildman–Crippen LogP) is 3.25. The number of ether oxygens (including phenoxy) is 1. The Labute approximate surface area is 171 Å². The molecule has 152 valence electrons. The molecule has 0 aliphatic heterocycles. The highest BCUT2D eigenvalue weighted by atomic mass is 35.5. The Bertz CT molecular complexity index is 888. The summed E-state index contributed by atoms with van der Waals surface area (Å²) in [5.41, 5.74) is 1.60. The van der Waals surface area contributed by atoms with Crippen LogP contribution in [0, 0.1) is 0 Å². The lowest BCUT2D eigenvalue weighted by atomic mass is 10.1. The van der Waals surface area contributed by atoms with Gasteiger partial charge in [0.1, 0.15) is 5.75 Å². The van der Waals surface area contributed by atoms with E-state index in [2.05, 4.69) is 5.32 Å². The van der Waals surface area contributed by atoms with Gasteiger partial charge < -0.3 is 10.1 Å². The van der Waals surface area contributed by atoms with Crippen LogP contribution < -0.4 is 14.4 Å². The molecule has 0 spiro atoms. The number of carbonyl (C=O) groups is 1. The van der Waals surface area contributed by atoms with Gasteiger partial charge in [-0.05, 0) is 36.6 Å². The number of anilines is 1. The molecule has 6 nitrogen and oxygen atoms in total. The minimum atomic E-state index is -3.50. The molecule has 2 aromatic carbocycles. The minimum Gasteiger partial charge on any atom is -0.495 e. The number of methoxy groups -OCH3 is 1. The van der Waals surface area contributed by atoms with Crippen LogP contribution in [0.3, 0.4) is 0 Å². The fourth-order valence-corrected chi connectivity index (χ4v) is 3.97. The van der Waals surface area contributed by atoms with Crippen molar-refractivity contribution in [3.63, 3.8) is 0 Å². The molecule has 0 bridgehead atoms. The maximum Gasteiger partial charge on any atom is 0.232 e. The van der Waals surface area contributed by atoms with Crippen LogP contribution in [0.5, 0.6) is 5.75 Å². The molecular weight excluding hydrogens is 400 g/mol. The van der Waals surface area contributed by atoms with E-state index < -0.39 is 10.0 Å². The average molecular weight is 425 g/mol. The normalized spacial score (nSPS) is 11.1. The standard InChI is InChI=1S/C20H25ClN2O4S/c1-27-19-11-10-17(15-18(19)21)23(28(2,25)26)14-6-9-20(24)22-13-12-16-7-4-3-5-8-16/h3-5,7-8,10-11,15H,6,9,12-14H2,1-2H3,(H,22,24). The SMILES string of the molecule is COc1ccc(N(CCCC(=O)NCCc2ccccc2)S(C)(=O)=O)cc1Cl. The molecule has 0 radical (unpaired) electrons. The highest BCUT2D eigenvalue weighted by molar-refractivity contribution is 7.92. The molecule has 2 aromatic rings. The van der Waals surface area contributed by atoms with Crippen molar-refractivity contribution in [2.75, 3.05) is 30.8 Å². The Morgan fingerprint density at radius 1 is 1.18 bits per heavy atom. The second-order valence-electron chi connectivity index (χ2n) is 6.34. The molecule has 1 N–H and O–H groups in total. The lowest BCUT2D eigenvalue weighted by Crippen LogP contribution is -2.32. The van der Waals surface area contributed by atoms with Gasteiger partial charge in [-0.25, -0.2) is 8.42 Å². The van der Waals surface area contributed by atoms with Gasteiger partial charge in [-0.2, -0.15) is 0 Å². The van der Waals surface area contributed by atoms with E-state index in [-0.39, 0.29) is 18.9 Å². The van der Waals surface area contributed by atoms with Gasteiger partial charge in [-0.1, -0.05) is 41.9 Å². The molecule has 8 heteroatoms. The Hall–Kier alpha value is -2.25. The van der Waals surface area contributed by atoms with Crippen LogP contribution in [0.4, 0.5) is 5.69 Å². The monoisotopic (exact) mass is 424 g/mol. The second-order valence-corrected chi connectivity index (χ2v) is 8.66. The summed E-state index contributed by atoms with van der Waals surface area (Å²) in [5, 5.41) is 3.19. The first-order chi connectivity index (χ1) is 13.3. The molecule has 0 aromatic heterocycles. The van der Waals surface area contributed by atoms with E-state index in [1.54, 1.807) is 18.2 Å². The largest absolute Gasteiger partial charge is 0.495 e. The summed E-state index contributed by atoms with van der Waals surface area (Å²) in [6, 6.07) is 14.7. The van der Waals surface area contributed by atoms with E-state index in [9.17, 15) is 13.2 Å². The van der Waals surface area contributed by atoms with Crippen molar-refractivity contribution < 1.29 is 17.9 Å². The number of halogens is 1. The number of rotatable bonds is 10. The van der Waals surface area contributed by atoms with Gasteiger partial charge >= 0.3 is 0 Å². The summed E-state index contributed by atoms with van der Waals surface area (Å²) in [7, 11) is -2.01. The van der Waals surface area contributed by atoms with Gasteiger partial charge in [0.25, 0.3) is 0 Å². The molecule has 1 amide bonds. The molecule has 0 heterocycles. The van der Waals surface area contributed by atoms with Crippen LogP contribution >= 0.6 is 11.6 Å². The highest BCUT2D eigenvalue weighted by Crippen LogP contribution is 2.30. The van der Waals surface area contributed by atoms with Gasteiger partial charge in [-0.15, -0.1) is 0 Å². The van der Waals surface area contributed by atoms with Gasteiger partial charge in [0.15, 0.2) is 0 Å². The molecule has 0 saturated heterocycles. The third-order valence-corrected chi connectivity index (χ3v) is 5.66. The summed E-state index contributed by atoms with van der Waals surface area (Å²) < 4.78 is 30.6. The zero-order valence-electron chi connectivity index (χ0n) is 16.0. The van der Waals surface area contributed by atoms with Gasteiger partial charge in [0.05, 0.1) is 24.1 Å². The maximum atomic E-state index is 12.2. The van der Waals surface area contributed by atoms with Crippen molar-refractivity contribution in [2.45, 2.75) is 19.3 Å². The van der Waals surface area contributed by atoms with E-state index in [1.165, 1.54) is 11.4 Å². The number of hydrogen-bond donors (Lipinski definition) is 1. The molecule has 0 atom stereocenters. The Balaban J connectivity index is 1.86. The van der Waals surface area contributed by atoms with Crippen LogP contribution in [-0.2, 0) is 21.2 Å². The number of amides is 1. The third-order valence-electron chi connectivity index (χ3n) is 4.17. The summed E-state index contributed by atoms with van der Waals surface area (Å²) in [4.78, 5) is 12.0. The first kappa shape index (κ1) is 22.0. The minimum absolute atomic E-state index is 0.0999. The number of hydrogen-bond acceptors (Lipinski definition) is 4. The lowest BCUT2D eigenvalue weighted by molar-refractivity contribution is -0.121. The maximum absolute atomic E-state index is 12.2. The molecular formula is C20H25ClN2O4S. The lowest BCUT2D eigenvalue weighted by Gasteiger charge is -2.23. The third kappa shape index (κ3) is 6.73. The fourth-order valence-electron chi connectivity index (χ4n) is 2.76. The molecule has 0 saturated carbocycles. The van der Waals surface area contributed by atoms with Crippen LogP contribution in [-0.4, -0.2) is 40.8 Å². The van der Waals surface area contributed by atoms with Crippen molar-refractivity contribution in [1.29, 1.82) is 0 Å². The highest BCUT2D eigenvalue weighted by Gasteiger charge is 2.18. The predicted molar refractivity (Wildman–Crippen MR) is 113 cm³/mol. The van der Waals surface area contributed by atoms with Crippen LogP contribution in [0.2, 0.25) is 5.02 Å². The summed E-state index contributed by atoms with van der Waals surface area (Å²) in [5.74, 6) is 0.369. The smallest absolute Gasteiger partial charge is 0.232 e. The zero-order valence-corrected chi connectivity index (χ0v) is 17.6. The van der Waals surface area contributed by atoms with Crippen LogP contribution in [0.1, 0.15) is 18.4 Å². The molecule has 28 heavy (non-hydrogen) atoms. The molecule has 0 aliphatic rings. The van der Waals surface area contributed by atoms with Crippen molar-refractivity contribution in [2.24, 2.45) is 0 Å². The van der Waals surface area contributed by atoms with Gasteiger partial charge in [0, 0.05) is 19.5 Å². The average Bonchev–Trinajstić information content (AvgIpc) is 2.65. The number of nitrogens with one attached hydrogen (secondary N) is 1. The van der Waals surface area contributed by atoms with Crippen LogP contribution in [0.25, 0.3) is 0 Å². The number of nitrogens with zero attached hydrogens (tertiary/aromatic N) is 1. The van der Waals surface area contributed by atoms with Crippen molar-refractivity contribution >= 4 is 33.2 Å². The van der Waals surface area contributed by atoms with E-state index in [1.807, 2.05) is 30.3 Å². The van der Waals surface area contributed by atoms with E-state index in [0.717, 1.165) is 18.2 Å². The number of sulfonamides is 1.